The van der Waals surface area contributed by atoms with E-state index in [4.69, 9.17) is 0 Å². The molecule has 0 aromatic heterocycles. The van der Waals surface area contributed by atoms with Crippen molar-refractivity contribution in [1.29, 1.82) is 0 Å². The Morgan fingerprint density at radius 2 is 1.47 bits per heavy atom. The largest absolute Gasteiger partial charge is 0.507 e. The monoisotopic (exact) mass is 497 g/mol. The summed E-state index contributed by atoms with van der Waals surface area (Å²) in [5, 5.41) is 30.5. The van der Waals surface area contributed by atoms with Crippen molar-refractivity contribution in [3.63, 3.8) is 0 Å². The van der Waals surface area contributed by atoms with Gasteiger partial charge in [0.25, 0.3) is 15.9 Å². The van der Waals surface area contributed by atoms with Crippen molar-refractivity contribution in [2.24, 2.45) is 10.2 Å². The predicted octanol–water partition coefficient (Wildman–Crippen LogP) is 6.13. The maximum absolute atomic E-state index is 12.9. The van der Waals surface area contributed by atoms with E-state index in [1.54, 1.807) is 66.7 Å². The molecule has 0 saturated carbocycles. The molecule has 178 valence electrons. The van der Waals surface area contributed by atoms with Crippen molar-refractivity contribution < 1.29 is 23.4 Å². The maximum Gasteiger partial charge on any atom is 0.295 e. The van der Waals surface area contributed by atoms with Crippen LogP contribution in [0.5, 0.6) is 11.5 Å². The number of phenolic OH excluding ortho intramolecular Hbond substituents is 2. The van der Waals surface area contributed by atoms with Crippen LogP contribution in [0.1, 0.15) is 10.4 Å². The first-order valence-corrected chi connectivity index (χ1v) is 12.3. The highest BCUT2D eigenvalue weighted by Crippen LogP contribution is 2.40. The molecule has 0 aliphatic heterocycles. The second-order valence-corrected chi connectivity index (χ2v) is 9.66. The van der Waals surface area contributed by atoms with Crippen LogP contribution in [0.3, 0.4) is 0 Å². The highest BCUT2D eigenvalue weighted by Gasteiger charge is 2.18. The van der Waals surface area contributed by atoms with Crippen LogP contribution in [0, 0.1) is 0 Å². The summed E-state index contributed by atoms with van der Waals surface area (Å²) in [6.45, 7) is 0. The lowest BCUT2D eigenvalue weighted by Crippen LogP contribution is -2.13. The molecule has 1 amide bonds. The zero-order valence-electron chi connectivity index (χ0n) is 18.7. The van der Waals surface area contributed by atoms with Gasteiger partial charge < -0.3 is 10.2 Å². The number of nitrogens with zero attached hydrogens (tertiary/aromatic N) is 2. The average Bonchev–Trinajstić information content (AvgIpc) is 2.90. The second kappa shape index (κ2) is 9.12. The number of hydrogen-bond donors (Lipinski definition) is 3. The lowest BCUT2D eigenvalue weighted by atomic mass is 10.1. The summed E-state index contributed by atoms with van der Waals surface area (Å²) in [5.74, 6) is -0.915. The summed E-state index contributed by atoms with van der Waals surface area (Å²) in [7, 11) is -3.93. The van der Waals surface area contributed by atoms with Crippen LogP contribution in [0.2, 0.25) is 0 Å². The number of rotatable bonds is 5. The van der Waals surface area contributed by atoms with E-state index in [-0.39, 0.29) is 33.3 Å². The van der Waals surface area contributed by atoms with Gasteiger partial charge in [0.1, 0.15) is 11.4 Å². The number of carbonyl (C=O) groups excluding carboxylic acids is 1. The van der Waals surface area contributed by atoms with Gasteiger partial charge in [0, 0.05) is 21.7 Å². The molecule has 0 aliphatic rings. The number of hydrogen-bond acceptors (Lipinski definition) is 6. The Kier molecular flexibility index (Phi) is 5.83. The van der Waals surface area contributed by atoms with Gasteiger partial charge in [0.05, 0.1) is 10.6 Å². The molecule has 0 unspecified atom stereocenters. The highest BCUT2D eigenvalue weighted by atomic mass is 32.2. The minimum Gasteiger partial charge on any atom is -0.507 e. The highest BCUT2D eigenvalue weighted by molar-refractivity contribution is 7.92. The second-order valence-electron chi connectivity index (χ2n) is 7.97. The van der Waals surface area contributed by atoms with E-state index in [1.807, 2.05) is 0 Å². The number of sulfonamides is 1. The molecule has 3 N–H and O–H groups in total. The molecule has 5 rings (SSSR count). The van der Waals surface area contributed by atoms with Crippen molar-refractivity contribution in [2.45, 2.75) is 4.90 Å². The SMILES string of the molecule is O=C(N=Nc1cc(NS(=O)(=O)c2ccccc2)c2ccccc2c1O)c1ccc2cccc(O)c2c1. The Balaban J connectivity index is 1.53. The average molecular weight is 498 g/mol. The third-order valence-corrected chi connectivity index (χ3v) is 7.03. The first-order valence-electron chi connectivity index (χ1n) is 10.8. The molecule has 5 aromatic carbocycles. The number of amides is 1. The van der Waals surface area contributed by atoms with E-state index in [9.17, 15) is 23.4 Å². The summed E-state index contributed by atoms with van der Waals surface area (Å²) >= 11 is 0. The summed E-state index contributed by atoms with van der Waals surface area (Å²) in [6.07, 6.45) is 0. The molecular weight excluding hydrogens is 478 g/mol. The van der Waals surface area contributed by atoms with Gasteiger partial charge in [-0.25, -0.2) is 8.42 Å². The van der Waals surface area contributed by atoms with Crippen LogP contribution in [0.25, 0.3) is 21.5 Å². The third-order valence-electron chi connectivity index (χ3n) is 5.65. The first-order chi connectivity index (χ1) is 17.3. The molecule has 36 heavy (non-hydrogen) atoms. The molecule has 0 bridgehead atoms. The molecule has 0 radical (unpaired) electrons. The molecule has 0 heterocycles. The van der Waals surface area contributed by atoms with Crippen molar-refractivity contribution in [2.75, 3.05) is 4.72 Å². The fraction of sp³-hybridized carbons (Fsp3) is 0. The van der Waals surface area contributed by atoms with Crippen LogP contribution in [-0.2, 0) is 10.0 Å². The molecule has 5 aromatic rings. The van der Waals surface area contributed by atoms with E-state index in [0.717, 1.165) is 5.39 Å². The number of carbonyl (C=O) groups is 1. The number of fused-ring (bicyclic) bond motifs is 2. The fourth-order valence-corrected chi connectivity index (χ4v) is 4.95. The zero-order chi connectivity index (χ0) is 25.3. The van der Waals surface area contributed by atoms with Gasteiger partial charge in [-0.2, -0.15) is 0 Å². The van der Waals surface area contributed by atoms with E-state index in [2.05, 4.69) is 15.0 Å². The molecule has 0 fully saturated rings. The van der Waals surface area contributed by atoms with Crippen molar-refractivity contribution in [3.8, 4) is 11.5 Å². The van der Waals surface area contributed by atoms with Gasteiger partial charge >= 0.3 is 0 Å². The lowest BCUT2D eigenvalue weighted by molar-refractivity contribution is 0.0995. The van der Waals surface area contributed by atoms with Crippen molar-refractivity contribution in [1.82, 2.24) is 0 Å². The van der Waals surface area contributed by atoms with E-state index in [0.29, 0.717) is 16.2 Å². The summed E-state index contributed by atoms with van der Waals surface area (Å²) in [5.41, 5.74) is 0.277. The summed E-state index contributed by atoms with van der Waals surface area (Å²) in [6, 6.07) is 25.6. The molecule has 0 spiro atoms. The fourth-order valence-electron chi connectivity index (χ4n) is 3.86. The minimum absolute atomic E-state index is 0.0293. The number of nitrogens with one attached hydrogen (secondary N) is 1. The molecule has 0 saturated heterocycles. The molecule has 0 atom stereocenters. The predicted molar refractivity (Wildman–Crippen MR) is 137 cm³/mol. The van der Waals surface area contributed by atoms with Gasteiger partial charge in [-0.05, 0) is 41.8 Å². The third kappa shape index (κ3) is 4.35. The quantitative estimate of drug-likeness (QED) is 0.199. The molecule has 8 nitrogen and oxygen atoms in total. The number of azo groups is 1. The number of aromatic hydroxyl groups is 2. The van der Waals surface area contributed by atoms with Crippen molar-refractivity contribution in [3.05, 3.63) is 103 Å². The standard InChI is InChI=1S/C27H19N3O5S/c31-25-12-6-7-17-13-14-18(15-22(17)25)27(33)29-28-24-16-23(20-10-4-5-11-21(20)26(24)32)30-36(34,35)19-8-2-1-3-9-19/h1-16,30-32H. The van der Waals surface area contributed by atoms with Crippen LogP contribution < -0.4 is 4.72 Å². The van der Waals surface area contributed by atoms with Crippen LogP contribution in [0.4, 0.5) is 11.4 Å². The van der Waals surface area contributed by atoms with E-state index in [1.165, 1.54) is 30.3 Å². The van der Waals surface area contributed by atoms with Gasteiger partial charge in [-0.1, -0.05) is 60.7 Å². The van der Waals surface area contributed by atoms with Crippen LogP contribution in [-0.4, -0.2) is 24.5 Å². The van der Waals surface area contributed by atoms with Gasteiger partial charge in [-0.15, -0.1) is 10.2 Å². The van der Waals surface area contributed by atoms with Gasteiger partial charge in [0.15, 0.2) is 5.75 Å². The van der Waals surface area contributed by atoms with Crippen molar-refractivity contribution >= 4 is 48.9 Å². The first kappa shape index (κ1) is 23.0. The number of benzene rings is 5. The minimum atomic E-state index is -3.93. The zero-order valence-corrected chi connectivity index (χ0v) is 19.5. The molecule has 0 aliphatic carbocycles. The Bertz CT molecular complexity index is 1770. The Labute approximate surface area is 206 Å². The van der Waals surface area contributed by atoms with Gasteiger partial charge in [0.2, 0.25) is 0 Å². The Morgan fingerprint density at radius 1 is 0.750 bits per heavy atom. The molecular formula is C27H19N3O5S. The Hall–Kier alpha value is -4.76. The van der Waals surface area contributed by atoms with Crippen LogP contribution in [0.15, 0.2) is 112 Å². The number of anilines is 1. The maximum atomic E-state index is 12.9. The molecule has 9 heteroatoms. The summed E-state index contributed by atoms with van der Waals surface area (Å²) < 4.78 is 28.4. The van der Waals surface area contributed by atoms with E-state index >= 15 is 0 Å². The smallest absolute Gasteiger partial charge is 0.295 e. The van der Waals surface area contributed by atoms with Crippen LogP contribution >= 0.6 is 0 Å². The van der Waals surface area contributed by atoms with E-state index < -0.39 is 15.9 Å². The topological polar surface area (TPSA) is 128 Å². The normalized spacial score (nSPS) is 11.8. The lowest BCUT2D eigenvalue weighted by Gasteiger charge is -2.13. The van der Waals surface area contributed by atoms with Gasteiger partial charge in [-0.3, -0.25) is 9.52 Å². The number of phenols is 2. The summed E-state index contributed by atoms with van der Waals surface area (Å²) in [4.78, 5) is 12.8. The Morgan fingerprint density at radius 3 is 2.25 bits per heavy atom.